The van der Waals surface area contributed by atoms with Gasteiger partial charge in [-0.3, -0.25) is 4.79 Å². The molecule has 0 radical (unpaired) electrons. The van der Waals surface area contributed by atoms with Gasteiger partial charge in [0.25, 0.3) is 5.91 Å². The van der Waals surface area contributed by atoms with Gasteiger partial charge in [0.1, 0.15) is 12.4 Å². The van der Waals surface area contributed by atoms with Gasteiger partial charge in [-0.05, 0) is 25.6 Å². The lowest BCUT2D eigenvalue weighted by atomic mass is 10.3. The number of halogens is 1. The van der Waals surface area contributed by atoms with Gasteiger partial charge < -0.3 is 19.8 Å². The molecule has 0 saturated carbocycles. The molecule has 0 fully saturated rings. The van der Waals surface area contributed by atoms with Crippen LogP contribution < -0.4 is 10.6 Å². The van der Waals surface area contributed by atoms with Crippen molar-refractivity contribution in [1.82, 2.24) is 10.6 Å². The van der Waals surface area contributed by atoms with Gasteiger partial charge in [0.2, 0.25) is 0 Å². The summed E-state index contributed by atoms with van der Waals surface area (Å²) >= 11 is 0. The van der Waals surface area contributed by atoms with E-state index < -0.39 is 0 Å². The van der Waals surface area contributed by atoms with Gasteiger partial charge in [-0.1, -0.05) is 6.92 Å². The van der Waals surface area contributed by atoms with Crippen molar-refractivity contribution in [2.75, 3.05) is 20.2 Å². The van der Waals surface area contributed by atoms with E-state index in [4.69, 9.17) is 9.15 Å². The molecule has 0 bridgehead atoms. The summed E-state index contributed by atoms with van der Waals surface area (Å²) in [5, 5.41) is 6.02. The van der Waals surface area contributed by atoms with Crippen LogP contribution in [-0.2, 0) is 11.3 Å². The van der Waals surface area contributed by atoms with Crippen LogP contribution in [0.4, 0.5) is 0 Å². The Morgan fingerprint density at radius 3 is 2.83 bits per heavy atom. The summed E-state index contributed by atoms with van der Waals surface area (Å²) in [6, 6.07) is 3.64. The molecule has 5 nitrogen and oxygen atoms in total. The summed E-state index contributed by atoms with van der Waals surface area (Å²) in [6.45, 7) is 5.88. The number of carbonyl (C=O) groups is 1. The highest BCUT2D eigenvalue weighted by Crippen LogP contribution is 2.08. The third kappa shape index (κ3) is 5.53. The zero-order valence-electron chi connectivity index (χ0n) is 11.0. The Bertz CT molecular complexity index is 355. The van der Waals surface area contributed by atoms with E-state index in [1.165, 1.54) is 0 Å². The number of rotatable bonds is 7. The average molecular weight is 277 g/mol. The lowest BCUT2D eigenvalue weighted by molar-refractivity contribution is 0.0914. The van der Waals surface area contributed by atoms with Crippen LogP contribution in [0, 0.1) is 0 Å². The highest BCUT2D eigenvalue weighted by atomic mass is 35.5. The monoisotopic (exact) mass is 276 g/mol. The van der Waals surface area contributed by atoms with E-state index in [2.05, 4.69) is 10.6 Å². The molecule has 1 atom stereocenters. The van der Waals surface area contributed by atoms with Gasteiger partial charge in [0.15, 0.2) is 5.76 Å². The molecule has 0 unspecified atom stereocenters. The van der Waals surface area contributed by atoms with Crippen LogP contribution in [0.15, 0.2) is 16.5 Å². The quantitative estimate of drug-likeness (QED) is 0.794. The van der Waals surface area contributed by atoms with Crippen LogP contribution in [0.5, 0.6) is 0 Å². The highest BCUT2D eigenvalue weighted by molar-refractivity contribution is 5.91. The molecule has 0 aliphatic carbocycles. The van der Waals surface area contributed by atoms with E-state index in [0.717, 1.165) is 6.54 Å². The smallest absolute Gasteiger partial charge is 0.287 e. The van der Waals surface area contributed by atoms with Crippen molar-refractivity contribution in [3.05, 3.63) is 23.7 Å². The predicted octanol–water partition coefficient (Wildman–Crippen LogP) is 1.58. The molecule has 6 heteroatoms. The predicted molar refractivity (Wildman–Crippen MR) is 72.1 cm³/mol. The van der Waals surface area contributed by atoms with E-state index in [-0.39, 0.29) is 24.4 Å². The molecule has 0 aromatic carbocycles. The number of methoxy groups -OCH3 is 1. The minimum Gasteiger partial charge on any atom is -0.453 e. The lowest BCUT2D eigenvalue weighted by Gasteiger charge is -2.12. The minimum atomic E-state index is -0.197. The second-order valence-corrected chi connectivity index (χ2v) is 3.87. The summed E-state index contributed by atoms with van der Waals surface area (Å²) in [5.74, 6) is 0.773. The molecule has 1 rings (SSSR count). The van der Waals surface area contributed by atoms with Crippen LogP contribution in [0.3, 0.4) is 0 Å². The number of carbonyl (C=O) groups excluding carboxylic acids is 1. The summed E-state index contributed by atoms with van der Waals surface area (Å²) in [7, 11) is 1.58. The first-order chi connectivity index (χ1) is 8.17. The molecular weight excluding hydrogens is 256 g/mol. The summed E-state index contributed by atoms with van der Waals surface area (Å²) < 4.78 is 10.2. The number of nitrogens with one attached hydrogen (secondary N) is 2. The Morgan fingerprint density at radius 2 is 2.22 bits per heavy atom. The van der Waals surface area contributed by atoms with E-state index in [9.17, 15) is 4.79 Å². The van der Waals surface area contributed by atoms with Gasteiger partial charge in [0, 0.05) is 19.7 Å². The van der Waals surface area contributed by atoms with Crippen molar-refractivity contribution in [3.63, 3.8) is 0 Å². The van der Waals surface area contributed by atoms with Gasteiger partial charge in [-0.25, -0.2) is 0 Å². The molecule has 0 aliphatic rings. The average Bonchev–Trinajstić information content (AvgIpc) is 2.75. The molecule has 0 spiro atoms. The van der Waals surface area contributed by atoms with Crippen molar-refractivity contribution < 1.29 is 13.9 Å². The number of furan rings is 1. The molecule has 1 aromatic heterocycles. The minimum absolute atomic E-state index is 0. The van der Waals surface area contributed by atoms with Crippen molar-refractivity contribution in [2.45, 2.75) is 26.5 Å². The van der Waals surface area contributed by atoms with Gasteiger partial charge in [-0.2, -0.15) is 0 Å². The van der Waals surface area contributed by atoms with Crippen LogP contribution in [0.25, 0.3) is 0 Å². The fourth-order valence-corrected chi connectivity index (χ4v) is 1.47. The number of amides is 1. The Labute approximate surface area is 114 Å². The van der Waals surface area contributed by atoms with Crippen LogP contribution in [0.1, 0.15) is 30.2 Å². The van der Waals surface area contributed by atoms with E-state index in [1.807, 2.05) is 13.8 Å². The summed E-state index contributed by atoms with van der Waals surface area (Å²) in [4.78, 5) is 11.7. The first-order valence-electron chi connectivity index (χ1n) is 5.76. The van der Waals surface area contributed by atoms with E-state index in [0.29, 0.717) is 24.7 Å². The molecule has 1 amide bonds. The normalized spacial score (nSPS) is 11.7. The topological polar surface area (TPSA) is 63.5 Å². The first kappa shape index (κ1) is 17.0. The van der Waals surface area contributed by atoms with E-state index in [1.54, 1.807) is 19.2 Å². The fraction of sp³-hybridized carbons (Fsp3) is 0.583. The van der Waals surface area contributed by atoms with Crippen molar-refractivity contribution in [1.29, 1.82) is 0 Å². The van der Waals surface area contributed by atoms with Gasteiger partial charge >= 0.3 is 0 Å². The van der Waals surface area contributed by atoms with Gasteiger partial charge in [-0.15, -0.1) is 12.4 Å². The van der Waals surface area contributed by atoms with E-state index >= 15 is 0 Å². The molecule has 0 saturated heterocycles. The maximum atomic E-state index is 11.7. The molecule has 2 N–H and O–H groups in total. The van der Waals surface area contributed by atoms with Crippen molar-refractivity contribution >= 4 is 18.3 Å². The standard InChI is InChI=1S/C12H20N2O3.ClH/c1-4-13-9(2)7-14-12(15)11-6-5-10(17-11)8-16-3;/h5-6,9,13H,4,7-8H2,1-3H3,(H,14,15);1H/t9-;/m1./s1. The molecule has 1 heterocycles. The summed E-state index contributed by atoms with van der Waals surface area (Å²) in [5.41, 5.74) is 0. The number of hydrogen-bond acceptors (Lipinski definition) is 4. The maximum Gasteiger partial charge on any atom is 0.287 e. The maximum absolute atomic E-state index is 11.7. The third-order valence-electron chi connectivity index (χ3n) is 2.29. The van der Waals surface area contributed by atoms with Crippen molar-refractivity contribution in [2.24, 2.45) is 0 Å². The first-order valence-corrected chi connectivity index (χ1v) is 5.76. The second kappa shape index (κ2) is 8.97. The second-order valence-electron chi connectivity index (χ2n) is 3.87. The van der Waals surface area contributed by atoms with Crippen molar-refractivity contribution in [3.8, 4) is 0 Å². The Kier molecular flexibility index (Phi) is 8.45. The molecule has 1 aromatic rings. The number of likely N-dealkylation sites (N-methyl/N-ethyl adjacent to an activating group) is 1. The van der Waals surface area contributed by atoms with Crippen LogP contribution in [-0.4, -0.2) is 32.1 Å². The molecule has 0 aliphatic heterocycles. The number of hydrogen-bond donors (Lipinski definition) is 2. The fourth-order valence-electron chi connectivity index (χ4n) is 1.47. The number of ether oxygens (including phenoxy) is 1. The largest absolute Gasteiger partial charge is 0.453 e. The molecule has 18 heavy (non-hydrogen) atoms. The highest BCUT2D eigenvalue weighted by Gasteiger charge is 2.11. The van der Waals surface area contributed by atoms with Crippen LogP contribution in [0.2, 0.25) is 0 Å². The Hall–Kier alpha value is -1.04. The zero-order chi connectivity index (χ0) is 12.7. The Morgan fingerprint density at radius 1 is 1.50 bits per heavy atom. The molecule has 104 valence electrons. The Balaban J connectivity index is 0.00000289. The molecular formula is C12H21ClN2O3. The zero-order valence-corrected chi connectivity index (χ0v) is 11.8. The lowest BCUT2D eigenvalue weighted by Crippen LogP contribution is -2.38. The third-order valence-corrected chi connectivity index (χ3v) is 2.29. The van der Waals surface area contributed by atoms with Gasteiger partial charge in [0.05, 0.1) is 0 Å². The summed E-state index contributed by atoms with van der Waals surface area (Å²) in [6.07, 6.45) is 0. The SMILES string of the molecule is CCN[C@H](C)CNC(=O)c1ccc(COC)o1.Cl. The van der Waals surface area contributed by atoms with Crippen LogP contribution >= 0.6 is 12.4 Å².